The second-order valence-corrected chi connectivity index (χ2v) is 4.92. The first-order valence-electron chi connectivity index (χ1n) is 4.30. The SMILES string of the molecule is CNN(C)S(=O)(=O)c1ccc([N+](=O)[O-])cc1.Cl. The van der Waals surface area contributed by atoms with Crippen LogP contribution in [0.25, 0.3) is 0 Å². The summed E-state index contributed by atoms with van der Waals surface area (Å²) in [5.74, 6) is 0. The quantitative estimate of drug-likeness (QED) is 0.650. The number of nitrogens with one attached hydrogen (secondary N) is 1. The van der Waals surface area contributed by atoms with Crippen LogP contribution >= 0.6 is 12.4 Å². The fourth-order valence-electron chi connectivity index (χ4n) is 1.02. The predicted octanol–water partition coefficient (Wildman–Crippen LogP) is 0.771. The summed E-state index contributed by atoms with van der Waals surface area (Å²) in [5, 5.41) is 10.4. The molecule has 0 atom stereocenters. The van der Waals surface area contributed by atoms with Gasteiger partial charge < -0.3 is 0 Å². The minimum Gasteiger partial charge on any atom is -0.258 e. The summed E-state index contributed by atoms with van der Waals surface area (Å²) in [5.41, 5.74) is 2.31. The highest BCUT2D eigenvalue weighted by Gasteiger charge is 2.20. The molecule has 1 aromatic rings. The number of nitrogens with zero attached hydrogens (tertiary/aromatic N) is 2. The molecule has 0 saturated carbocycles. The third kappa shape index (κ3) is 3.37. The topological polar surface area (TPSA) is 92.6 Å². The van der Waals surface area contributed by atoms with Crippen molar-refractivity contribution in [1.82, 2.24) is 9.84 Å². The summed E-state index contributed by atoms with van der Waals surface area (Å²) in [6, 6.07) is 4.69. The Morgan fingerprint density at radius 1 is 1.29 bits per heavy atom. The van der Waals surface area contributed by atoms with Gasteiger partial charge in [-0.1, -0.05) is 0 Å². The van der Waals surface area contributed by atoms with Gasteiger partial charge in [0.25, 0.3) is 15.7 Å². The van der Waals surface area contributed by atoms with Crippen LogP contribution in [0.5, 0.6) is 0 Å². The molecule has 9 heteroatoms. The molecular formula is C8H12ClN3O4S. The van der Waals surface area contributed by atoms with Crippen molar-refractivity contribution in [2.75, 3.05) is 14.1 Å². The van der Waals surface area contributed by atoms with Crippen molar-refractivity contribution in [2.45, 2.75) is 4.90 Å². The van der Waals surface area contributed by atoms with Crippen LogP contribution in [-0.4, -0.2) is 31.9 Å². The van der Waals surface area contributed by atoms with E-state index in [1.165, 1.54) is 26.2 Å². The Morgan fingerprint density at radius 3 is 2.12 bits per heavy atom. The number of nitro groups is 1. The summed E-state index contributed by atoms with van der Waals surface area (Å²) in [6.07, 6.45) is 0. The first-order chi connectivity index (χ1) is 7.39. The van der Waals surface area contributed by atoms with Crippen molar-refractivity contribution < 1.29 is 13.3 Å². The fourth-order valence-corrected chi connectivity index (χ4v) is 2.05. The Hall–Kier alpha value is -1.22. The van der Waals surface area contributed by atoms with E-state index in [1.807, 2.05) is 0 Å². The molecule has 0 heterocycles. The number of non-ortho nitro benzene ring substituents is 1. The Labute approximate surface area is 105 Å². The average Bonchev–Trinajstić information content (AvgIpc) is 2.28. The smallest absolute Gasteiger partial charge is 0.258 e. The van der Waals surface area contributed by atoms with Gasteiger partial charge in [-0.25, -0.2) is 13.8 Å². The lowest BCUT2D eigenvalue weighted by Gasteiger charge is -2.14. The number of rotatable bonds is 4. The number of hydrazine groups is 1. The molecule has 1 N–H and O–H groups in total. The molecule has 0 spiro atoms. The lowest BCUT2D eigenvalue weighted by molar-refractivity contribution is -0.384. The van der Waals surface area contributed by atoms with E-state index in [-0.39, 0.29) is 23.0 Å². The molecular weight excluding hydrogens is 270 g/mol. The van der Waals surface area contributed by atoms with Crippen molar-refractivity contribution in [3.63, 3.8) is 0 Å². The highest BCUT2D eigenvalue weighted by atomic mass is 35.5. The van der Waals surface area contributed by atoms with Gasteiger partial charge in [0.05, 0.1) is 9.82 Å². The maximum atomic E-state index is 11.7. The van der Waals surface area contributed by atoms with Crippen LogP contribution in [0.4, 0.5) is 5.69 Å². The average molecular weight is 282 g/mol. The third-order valence-electron chi connectivity index (χ3n) is 2.02. The summed E-state index contributed by atoms with van der Waals surface area (Å²) >= 11 is 0. The standard InChI is InChI=1S/C8H11N3O4S.ClH/c1-9-10(2)16(14,15)8-5-3-7(4-6-8)11(12)13;/h3-6,9H,1-2H3;1H. The molecule has 0 aliphatic carbocycles. The number of benzene rings is 1. The van der Waals surface area contributed by atoms with Crippen LogP contribution in [0.2, 0.25) is 0 Å². The summed E-state index contributed by atoms with van der Waals surface area (Å²) in [6.45, 7) is 0. The van der Waals surface area contributed by atoms with Gasteiger partial charge in [-0.05, 0) is 19.2 Å². The number of hydrogen-bond acceptors (Lipinski definition) is 5. The van der Waals surface area contributed by atoms with Gasteiger partial charge in [-0.2, -0.15) is 0 Å². The van der Waals surface area contributed by atoms with Crippen LogP contribution in [0.15, 0.2) is 29.2 Å². The monoisotopic (exact) mass is 281 g/mol. The van der Waals surface area contributed by atoms with Gasteiger partial charge in [0, 0.05) is 19.2 Å². The molecule has 0 aliphatic heterocycles. The molecule has 0 bridgehead atoms. The summed E-state index contributed by atoms with van der Waals surface area (Å²) < 4.78 is 24.4. The van der Waals surface area contributed by atoms with E-state index in [9.17, 15) is 18.5 Å². The highest BCUT2D eigenvalue weighted by Crippen LogP contribution is 2.17. The molecule has 0 radical (unpaired) electrons. The molecule has 0 fully saturated rings. The van der Waals surface area contributed by atoms with Crippen molar-refractivity contribution in [3.05, 3.63) is 34.4 Å². The van der Waals surface area contributed by atoms with Gasteiger partial charge >= 0.3 is 0 Å². The van der Waals surface area contributed by atoms with Crippen molar-refractivity contribution in [2.24, 2.45) is 0 Å². The van der Waals surface area contributed by atoms with Crippen LogP contribution < -0.4 is 5.43 Å². The Morgan fingerprint density at radius 2 is 1.76 bits per heavy atom. The Balaban J connectivity index is 0.00000256. The van der Waals surface area contributed by atoms with Crippen LogP contribution in [0.3, 0.4) is 0 Å². The van der Waals surface area contributed by atoms with E-state index in [0.717, 1.165) is 16.5 Å². The molecule has 17 heavy (non-hydrogen) atoms. The lowest BCUT2D eigenvalue weighted by Crippen LogP contribution is -2.36. The largest absolute Gasteiger partial charge is 0.269 e. The van der Waals surface area contributed by atoms with Crippen LogP contribution in [0.1, 0.15) is 0 Å². The number of halogens is 1. The van der Waals surface area contributed by atoms with Crippen molar-refractivity contribution >= 4 is 28.1 Å². The normalized spacial score (nSPS) is 11.0. The molecule has 1 rings (SSSR count). The number of hydrogen-bond donors (Lipinski definition) is 1. The molecule has 7 nitrogen and oxygen atoms in total. The van der Waals surface area contributed by atoms with Gasteiger partial charge in [0.15, 0.2) is 0 Å². The predicted molar refractivity (Wildman–Crippen MR) is 64.4 cm³/mol. The lowest BCUT2D eigenvalue weighted by atomic mass is 10.3. The van der Waals surface area contributed by atoms with Crippen molar-refractivity contribution in [3.8, 4) is 0 Å². The molecule has 0 aliphatic rings. The van der Waals surface area contributed by atoms with Crippen LogP contribution in [-0.2, 0) is 10.0 Å². The first-order valence-corrected chi connectivity index (χ1v) is 5.74. The van der Waals surface area contributed by atoms with Gasteiger partial charge in [-0.3, -0.25) is 10.1 Å². The van der Waals surface area contributed by atoms with E-state index >= 15 is 0 Å². The zero-order chi connectivity index (χ0) is 12.3. The van der Waals surface area contributed by atoms with Gasteiger partial charge in [0.2, 0.25) is 0 Å². The zero-order valence-electron chi connectivity index (χ0n) is 9.15. The van der Waals surface area contributed by atoms with E-state index in [1.54, 1.807) is 0 Å². The second kappa shape index (κ2) is 5.92. The summed E-state index contributed by atoms with van der Waals surface area (Å²) in [7, 11) is -0.827. The first kappa shape index (κ1) is 15.8. The van der Waals surface area contributed by atoms with Crippen LogP contribution in [0, 0.1) is 10.1 Å². The fraction of sp³-hybridized carbons (Fsp3) is 0.250. The maximum Gasteiger partial charge on any atom is 0.269 e. The van der Waals surface area contributed by atoms with Gasteiger partial charge in [0.1, 0.15) is 0 Å². The van der Waals surface area contributed by atoms with E-state index in [4.69, 9.17) is 0 Å². The minimum atomic E-state index is -3.63. The molecule has 0 aromatic heterocycles. The van der Waals surface area contributed by atoms with E-state index < -0.39 is 14.9 Å². The number of nitro benzene ring substituents is 1. The minimum absolute atomic E-state index is 0. The van der Waals surface area contributed by atoms with Gasteiger partial charge in [-0.15, -0.1) is 16.8 Å². The Kier molecular flexibility index (Phi) is 5.49. The molecule has 0 amide bonds. The number of sulfonamides is 1. The zero-order valence-corrected chi connectivity index (χ0v) is 10.8. The van der Waals surface area contributed by atoms with E-state index in [0.29, 0.717) is 0 Å². The molecule has 0 unspecified atom stereocenters. The summed E-state index contributed by atoms with van der Waals surface area (Å²) in [4.78, 5) is 9.80. The maximum absolute atomic E-state index is 11.7. The Bertz CT molecular complexity index is 488. The highest BCUT2D eigenvalue weighted by molar-refractivity contribution is 7.89. The van der Waals surface area contributed by atoms with Crippen molar-refractivity contribution in [1.29, 1.82) is 0 Å². The third-order valence-corrected chi connectivity index (χ3v) is 3.79. The molecule has 1 aromatic carbocycles. The molecule has 0 saturated heterocycles. The van der Waals surface area contributed by atoms with E-state index in [2.05, 4.69) is 5.43 Å². The second-order valence-electron chi connectivity index (χ2n) is 2.95. The molecule has 96 valence electrons.